The van der Waals surface area contributed by atoms with Crippen molar-refractivity contribution in [3.63, 3.8) is 0 Å². The summed E-state index contributed by atoms with van der Waals surface area (Å²) < 4.78 is 0. The average molecular weight is 270 g/mol. The highest BCUT2D eigenvalue weighted by Gasteiger charge is 2.20. The van der Waals surface area contributed by atoms with Crippen LogP contribution < -0.4 is 0 Å². The van der Waals surface area contributed by atoms with E-state index in [2.05, 4.69) is 13.8 Å². The molecule has 0 radical (unpaired) electrons. The molecule has 1 aromatic carbocycles. The summed E-state index contributed by atoms with van der Waals surface area (Å²) in [4.78, 5) is 14.2. The Kier molecular flexibility index (Phi) is 5.03. The van der Waals surface area contributed by atoms with E-state index >= 15 is 0 Å². The summed E-state index contributed by atoms with van der Waals surface area (Å²) in [5, 5.41) is 9.56. The Morgan fingerprint density at radius 3 is 2.39 bits per heavy atom. The van der Waals surface area contributed by atoms with E-state index in [1.165, 1.54) is 12.1 Å². The average Bonchev–Trinajstić information content (AvgIpc) is 2.28. The molecule has 1 amide bonds. The third kappa shape index (κ3) is 3.64. The van der Waals surface area contributed by atoms with Crippen LogP contribution >= 0.6 is 11.6 Å². The molecular formula is C14H20ClNO2. The van der Waals surface area contributed by atoms with Gasteiger partial charge in [0, 0.05) is 18.2 Å². The number of aromatic hydroxyl groups is 1. The molecule has 0 aliphatic rings. The molecule has 3 nitrogen and oxygen atoms in total. The molecule has 18 heavy (non-hydrogen) atoms. The largest absolute Gasteiger partial charge is 0.506 e. The summed E-state index contributed by atoms with van der Waals surface area (Å²) in [6.45, 7) is 8.83. The molecule has 100 valence electrons. The van der Waals surface area contributed by atoms with E-state index in [9.17, 15) is 9.90 Å². The molecule has 0 aromatic heterocycles. The van der Waals surface area contributed by atoms with Crippen molar-refractivity contribution in [1.29, 1.82) is 0 Å². The maximum absolute atomic E-state index is 12.4. The number of amides is 1. The first-order valence-corrected chi connectivity index (χ1v) is 6.50. The zero-order valence-electron chi connectivity index (χ0n) is 11.3. The van der Waals surface area contributed by atoms with Crippen LogP contribution in [0.3, 0.4) is 0 Å². The Balaban J connectivity index is 2.98. The fourth-order valence-corrected chi connectivity index (χ4v) is 1.91. The molecule has 1 aromatic rings. The summed E-state index contributed by atoms with van der Waals surface area (Å²) in [7, 11) is 0. The highest BCUT2D eigenvalue weighted by atomic mass is 35.5. The highest BCUT2D eigenvalue weighted by molar-refractivity contribution is 6.32. The van der Waals surface area contributed by atoms with Gasteiger partial charge in [-0.25, -0.2) is 0 Å². The van der Waals surface area contributed by atoms with Crippen LogP contribution in [0.2, 0.25) is 5.02 Å². The van der Waals surface area contributed by atoms with E-state index in [1.807, 2.05) is 18.7 Å². The van der Waals surface area contributed by atoms with E-state index in [1.54, 1.807) is 6.07 Å². The minimum atomic E-state index is -0.0550. The number of nitrogens with zero attached hydrogens (tertiary/aromatic N) is 1. The Bertz CT molecular complexity index is 430. The lowest BCUT2D eigenvalue weighted by Crippen LogP contribution is -2.39. The SMILES string of the molecule is CC(C)CN(C(=O)c1ccc(O)c(Cl)c1)C(C)C. The van der Waals surface area contributed by atoms with Gasteiger partial charge in [0.05, 0.1) is 5.02 Å². The normalized spacial score (nSPS) is 11.1. The lowest BCUT2D eigenvalue weighted by Gasteiger charge is -2.28. The molecule has 0 saturated heterocycles. The number of phenols is 1. The molecule has 0 saturated carbocycles. The molecule has 0 heterocycles. The first kappa shape index (κ1) is 14.8. The lowest BCUT2D eigenvalue weighted by atomic mass is 10.1. The van der Waals surface area contributed by atoms with Gasteiger partial charge in [0.15, 0.2) is 0 Å². The molecule has 1 N–H and O–H groups in total. The van der Waals surface area contributed by atoms with E-state index < -0.39 is 0 Å². The number of carbonyl (C=O) groups excluding carboxylic acids is 1. The number of halogens is 1. The van der Waals surface area contributed by atoms with Gasteiger partial charge < -0.3 is 10.0 Å². The zero-order valence-corrected chi connectivity index (χ0v) is 12.0. The van der Waals surface area contributed by atoms with Crippen LogP contribution in [0.25, 0.3) is 0 Å². The van der Waals surface area contributed by atoms with Gasteiger partial charge in [-0.15, -0.1) is 0 Å². The van der Waals surface area contributed by atoms with Crippen LogP contribution in [-0.2, 0) is 0 Å². The number of hydrogen-bond acceptors (Lipinski definition) is 2. The fraction of sp³-hybridized carbons (Fsp3) is 0.500. The summed E-state index contributed by atoms with van der Waals surface area (Å²) in [6.07, 6.45) is 0. The number of rotatable bonds is 4. The Hall–Kier alpha value is -1.22. The summed E-state index contributed by atoms with van der Waals surface area (Å²) in [6, 6.07) is 4.69. The molecule has 0 spiro atoms. The van der Waals surface area contributed by atoms with Gasteiger partial charge in [-0.2, -0.15) is 0 Å². The van der Waals surface area contributed by atoms with Crippen LogP contribution in [0, 0.1) is 5.92 Å². The summed E-state index contributed by atoms with van der Waals surface area (Å²) >= 11 is 5.83. The van der Waals surface area contributed by atoms with E-state index in [-0.39, 0.29) is 22.7 Å². The molecule has 0 atom stereocenters. The van der Waals surface area contributed by atoms with E-state index in [0.717, 1.165) is 0 Å². The molecule has 0 aliphatic carbocycles. The number of benzene rings is 1. The van der Waals surface area contributed by atoms with Crippen molar-refractivity contribution in [2.75, 3.05) is 6.54 Å². The number of phenolic OH excluding ortho intramolecular Hbond substituents is 1. The van der Waals surface area contributed by atoms with Crippen molar-refractivity contribution < 1.29 is 9.90 Å². The maximum Gasteiger partial charge on any atom is 0.254 e. The number of carbonyl (C=O) groups is 1. The van der Waals surface area contributed by atoms with Gasteiger partial charge in [0.25, 0.3) is 5.91 Å². The van der Waals surface area contributed by atoms with Gasteiger partial charge in [0.2, 0.25) is 0 Å². The third-order valence-electron chi connectivity index (χ3n) is 2.64. The van der Waals surface area contributed by atoms with Crippen LogP contribution in [0.5, 0.6) is 5.75 Å². The predicted octanol–water partition coefficient (Wildman–Crippen LogP) is 3.55. The van der Waals surface area contributed by atoms with Crippen molar-refractivity contribution in [2.45, 2.75) is 33.7 Å². The standard InChI is InChI=1S/C14H20ClNO2/c1-9(2)8-16(10(3)4)14(18)11-5-6-13(17)12(15)7-11/h5-7,9-10,17H,8H2,1-4H3. The predicted molar refractivity (Wildman–Crippen MR) is 74.1 cm³/mol. The summed E-state index contributed by atoms with van der Waals surface area (Å²) in [5.41, 5.74) is 0.507. The van der Waals surface area contributed by atoms with Crippen molar-refractivity contribution >= 4 is 17.5 Å². The Labute approximate surface area is 113 Å². The van der Waals surface area contributed by atoms with Crippen molar-refractivity contribution in [2.24, 2.45) is 5.92 Å². The second kappa shape index (κ2) is 6.10. The monoisotopic (exact) mass is 269 g/mol. The smallest absolute Gasteiger partial charge is 0.254 e. The topological polar surface area (TPSA) is 40.5 Å². The number of hydrogen-bond donors (Lipinski definition) is 1. The molecule has 0 unspecified atom stereocenters. The Morgan fingerprint density at radius 2 is 1.94 bits per heavy atom. The van der Waals surface area contributed by atoms with E-state index in [4.69, 9.17) is 11.6 Å². The summed E-state index contributed by atoms with van der Waals surface area (Å²) in [5.74, 6) is 0.345. The fourth-order valence-electron chi connectivity index (χ4n) is 1.73. The first-order valence-electron chi connectivity index (χ1n) is 6.12. The molecule has 0 fully saturated rings. The van der Waals surface area contributed by atoms with Gasteiger partial charge >= 0.3 is 0 Å². The van der Waals surface area contributed by atoms with Crippen LogP contribution in [-0.4, -0.2) is 28.5 Å². The van der Waals surface area contributed by atoms with Gasteiger partial charge in [0.1, 0.15) is 5.75 Å². The molecular weight excluding hydrogens is 250 g/mol. The second-order valence-corrected chi connectivity index (χ2v) is 5.52. The van der Waals surface area contributed by atoms with Gasteiger partial charge in [-0.3, -0.25) is 4.79 Å². The lowest BCUT2D eigenvalue weighted by molar-refractivity contribution is 0.0682. The van der Waals surface area contributed by atoms with Crippen LogP contribution in [0.15, 0.2) is 18.2 Å². The Morgan fingerprint density at radius 1 is 1.33 bits per heavy atom. The first-order chi connectivity index (χ1) is 8.32. The van der Waals surface area contributed by atoms with Crippen molar-refractivity contribution in [3.05, 3.63) is 28.8 Å². The second-order valence-electron chi connectivity index (χ2n) is 5.11. The molecule has 1 rings (SSSR count). The van der Waals surface area contributed by atoms with Gasteiger partial charge in [-0.05, 0) is 38.0 Å². The van der Waals surface area contributed by atoms with Crippen molar-refractivity contribution in [3.8, 4) is 5.75 Å². The minimum absolute atomic E-state index is 0.00632. The molecule has 4 heteroatoms. The van der Waals surface area contributed by atoms with Crippen molar-refractivity contribution in [1.82, 2.24) is 4.90 Å². The molecule has 0 aliphatic heterocycles. The van der Waals surface area contributed by atoms with E-state index in [0.29, 0.717) is 18.0 Å². The minimum Gasteiger partial charge on any atom is -0.506 e. The van der Waals surface area contributed by atoms with Gasteiger partial charge in [-0.1, -0.05) is 25.4 Å². The highest BCUT2D eigenvalue weighted by Crippen LogP contribution is 2.24. The maximum atomic E-state index is 12.4. The van der Waals surface area contributed by atoms with Crippen LogP contribution in [0.4, 0.5) is 0 Å². The quantitative estimate of drug-likeness (QED) is 0.908. The molecule has 0 bridgehead atoms. The third-order valence-corrected chi connectivity index (χ3v) is 2.94. The zero-order chi connectivity index (χ0) is 13.9. The van der Waals surface area contributed by atoms with Crippen LogP contribution in [0.1, 0.15) is 38.1 Å².